The summed E-state index contributed by atoms with van der Waals surface area (Å²) < 4.78 is 25.1. The average Bonchev–Trinajstić information content (AvgIpc) is 2.66. The van der Waals surface area contributed by atoms with Gasteiger partial charge in [0.05, 0.1) is 11.8 Å². The Kier molecular flexibility index (Phi) is 3.49. The van der Waals surface area contributed by atoms with Crippen LogP contribution >= 0.6 is 0 Å². The van der Waals surface area contributed by atoms with Crippen molar-refractivity contribution in [1.29, 1.82) is 0 Å². The molecule has 1 aromatic rings. The van der Waals surface area contributed by atoms with E-state index in [2.05, 4.69) is 25.3 Å². The Morgan fingerprint density at radius 3 is 2.86 bits per heavy atom. The monoisotopic (exact) mass is 220 g/mol. The molecule has 14 heavy (non-hydrogen) atoms. The maximum Gasteiger partial charge on any atom is 0.215 e. The zero-order valence-electron chi connectivity index (χ0n) is 7.64. The summed E-state index contributed by atoms with van der Waals surface area (Å²) in [6.07, 6.45) is 0. The molecule has 0 aliphatic rings. The normalized spacial score (nSPS) is 14.1. The van der Waals surface area contributed by atoms with Crippen LogP contribution in [-0.4, -0.2) is 40.8 Å². The van der Waals surface area contributed by atoms with E-state index in [-0.39, 0.29) is 18.9 Å². The van der Waals surface area contributed by atoms with E-state index in [4.69, 9.17) is 5.73 Å². The fraction of sp³-hybridized carbons (Fsp3) is 0.800. The second-order valence-corrected chi connectivity index (χ2v) is 4.92. The molecule has 0 amide bonds. The predicted molar refractivity (Wildman–Crippen MR) is 48.5 cm³/mol. The smallest absolute Gasteiger partial charge is 0.215 e. The average molecular weight is 220 g/mol. The lowest BCUT2D eigenvalue weighted by Gasteiger charge is -2.09. The third-order valence-corrected chi connectivity index (χ3v) is 3.48. The molecule has 0 aliphatic heterocycles. The minimum absolute atomic E-state index is 0.0170. The van der Waals surface area contributed by atoms with E-state index in [1.807, 2.05) is 0 Å². The van der Waals surface area contributed by atoms with Crippen molar-refractivity contribution in [2.45, 2.75) is 18.7 Å². The van der Waals surface area contributed by atoms with E-state index in [0.29, 0.717) is 0 Å². The topological polar surface area (TPSA) is 127 Å². The molecule has 1 unspecified atom stereocenters. The Hall–Kier alpha value is -1.06. The first-order chi connectivity index (χ1) is 6.56. The second kappa shape index (κ2) is 4.44. The van der Waals surface area contributed by atoms with E-state index >= 15 is 0 Å². The number of tetrazole rings is 1. The molecular weight excluding hydrogens is 208 g/mol. The van der Waals surface area contributed by atoms with Crippen molar-refractivity contribution < 1.29 is 8.42 Å². The molecule has 0 saturated carbocycles. The van der Waals surface area contributed by atoms with Gasteiger partial charge in [0.1, 0.15) is 0 Å². The van der Waals surface area contributed by atoms with Crippen LogP contribution in [0.4, 0.5) is 0 Å². The zero-order valence-corrected chi connectivity index (χ0v) is 8.45. The van der Waals surface area contributed by atoms with Gasteiger partial charge in [-0.3, -0.25) is 0 Å². The quantitative estimate of drug-likeness (QED) is 0.525. The van der Waals surface area contributed by atoms with Gasteiger partial charge in [-0.25, -0.2) is 13.1 Å². The summed E-state index contributed by atoms with van der Waals surface area (Å²) in [4.78, 5) is 0. The van der Waals surface area contributed by atoms with E-state index in [1.165, 1.54) is 6.92 Å². The van der Waals surface area contributed by atoms with Crippen LogP contribution < -0.4 is 10.5 Å². The molecule has 0 saturated heterocycles. The summed E-state index contributed by atoms with van der Waals surface area (Å²) in [6, 6.07) is 0. The minimum Gasteiger partial charge on any atom is -0.329 e. The maximum absolute atomic E-state index is 11.4. The molecule has 1 heterocycles. The number of nitrogens with zero attached hydrogens (tertiary/aromatic N) is 3. The standard InChI is InChI=1S/C5H12N6O2S/c1-4(2-6)14(12,13)7-3-5-8-10-11-9-5/h4,7H,2-3,6H2,1H3,(H,8,9,10,11). The Labute approximate surface area is 81.3 Å². The molecule has 0 spiro atoms. The van der Waals surface area contributed by atoms with Gasteiger partial charge in [0.15, 0.2) is 5.82 Å². The molecule has 1 atom stereocenters. The molecule has 0 aromatic carbocycles. The SMILES string of the molecule is CC(CN)S(=O)(=O)NCc1nn[nH]n1. The first-order valence-electron chi connectivity index (χ1n) is 3.97. The van der Waals surface area contributed by atoms with Gasteiger partial charge in [-0.15, -0.1) is 10.2 Å². The third kappa shape index (κ3) is 2.72. The number of hydrogen-bond donors (Lipinski definition) is 3. The van der Waals surface area contributed by atoms with Gasteiger partial charge < -0.3 is 5.73 Å². The van der Waals surface area contributed by atoms with Gasteiger partial charge in [0.25, 0.3) is 0 Å². The number of hydrogen-bond acceptors (Lipinski definition) is 6. The van der Waals surface area contributed by atoms with E-state index in [1.54, 1.807) is 0 Å². The van der Waals surface area contributed by atoms with E-state index in [9.17, 15) is 8.42 Å². The molecule has 9 heteroatoms. The summed E-state index contributed by atoms with van der Waals surface area (Å²) in [6.45, 7) is 1.61. The highest BCUT2D eigenvalue weighted by Crippen LogP contribution is 1.96. The number of sulfonamides is 1. The molecule has 0 bridgehead atoms. The van der Waals surface area contributed by atoms with Crippen LogP contribution in [0.3, 0.4) is 0 Å². The Bertz CT molecular complexity index is 360. The number of aromatic nitrogens is 4. The Balaban J connectivity index is 2.53. The summed E-state index contributed by atoms with van der Waals surface area (Å²) in [5.41, 5.74) is 5.24. The molecule has 8 nitrogen and oxygen atoms in total. The van der Waals surface area contributed by atoms with Gasteiger partial charge in [0.2, 0.25) is 10.0 Å². The van der Waals surface area contributed by atoms with Gasteiger partial charge >= 0.3 is 0 Å². The largest absolute Gasteiger partial charge is 0.329 e. The molecule has 0 aliphatic carbocycles. The van der Waals surface area contributed by atoms with Gasteiger partial charge in [-0.2, -0.15) is 5.21 Å². The Morgan fingerprint density at radius 1 is 1.64 bits per heavy atom. The highest BCUT2D eigenvalue weighted by Gasteiger charge is 2.18. The van der Waals surface area contributed by atoms with Crippen molar-refractivity contribution in [2.75, 3.05) is 6.54 Å². The minimum atomic E-state index is -3.38. The summed E-state index contributed by atoms with van der Waals surface area (Å²) in [5, 5.41) is 12.1. The maximum atomic E-state index is 11.4. The van der Waals surface area contributed by atoms with Crippen molar-refractivity contribution in [3.63, 3.8) is 0 Å². The lowest BCUT2D eigenvalue weighted by molar-refractivity contribution is 0.567. The van der Waals surface area contributed by atoms with Crippen LogP contribution in [0.5, 0.6) is 0 Å². The number of nitrogens with two attached hydrogens (primary N) is 1. The van der Waals surface area contributed by atoms with E-state index < -0.39 is 15.3 Å². The van der Waals surface area contributed by atoms with Crippen LogP contribution in [0.2, 0.25) is 0 Å². The lowest BCUT2D eigenvalue weighted by Crippen LogP contribution is -2.36. The molecule has 1 rings (SSSR count). The number of rotatable bonds is 5. The summed E-state index contributed by atoms with van der Waals surface area (Å²) >= 11 is 0. The number of nitrogens with one attached hydrogen (secondary N) is 2. The van der Waals surface area contributed by atoms with Crippen molar-refractivity contribution in [3.8, 4) is 0 Å². The fourth-order valence-corrected chi connectivity index (χ4v) is 1.56. The first kappa shape index (κ1) is 11.0. The van der Waals surface area contributed by atoms with E-state index in [0.717, 1.165) is 0 Å². The molecule has 1 aromatic heterocycles. The highest BCUT2D eigenvalue weighted by molar-refractivity contribution is 7.90. The molecule has 0 fully saturated rings. The number of aromatic amines is 1. The van der Waals surface area contributed by atoms with Crippen LogP contribution in [0.15, 0.2) is 0 Å². The van der Waals surface area contributed by atoms with Crippen molar-refractivity contribution in [3.05, 3.63) is 5.82 Å². The van der Waals surface area contributed by atoms with Crippen molar-refractivity contribution in [2.24, 2.45) is 5.73 Å². The van der Waals surface area contributed by atoms with Crippen LogP contribution in [0.25, 0.3) is 0 Å². The summed E-state index contributed by atoms with van der Waals surface area (Å²) in [5.74, 6) is 0.290. The third-order valence-electron chi connectivity index (χ3n) is 1.68. The van der Waals surface area contributed by atoms with Crippen molar-refractivity contribution in [1.82, 2.24) is 25.3 Å². The Morgan fingerprint density at radius 2 is 2.36 bits per heavy atom. The van der Waals surface area contributed by atoms with Crippen LogP contribution in [0.1, 0.15) is 12.7 Å². The van der Waals surface area contributed by atoms with Gasteiger partial charge in [-0.1, -0.05) is 5.21 Å². The molecule has 0 radical (unpaired) electrons. The fourth-order valence-electron chi connectivity index (χ4n) is 0.691. The van der Waals surface area contributed by atoms with Crippen LogP contribution in [0, 0.1) is 0 Å². The van der Waals surface area contributed by atoms with Gasteiger partial charge in [-0.05, 0) is 6.92 Å². The number of H-pyrrole nitrogens is 1. The zero-order chi connectivity index (χ0) is 10.6. The van der Waals surface area contributed by atoms with Crippen molar-refractivity contribution >= 4 is 10.0 Å². The highest BCUT2D eigenvalue weighted by atomic mass is 32.2. The first-order valence-corrected chi connectivity index (χ1v) is 5.51. The van der Waals surface area contributed by atoms with Gasteiger partial charge in [0, 0.05) is 6.54 Å². The predicted octanol–water partition coefficient (Wildman–Crippen LogP) is -2.03. The second-order valence-electron chi connectivity index (χ2n) is 2.74. The molecule has 80 valence electrons. The molecule has 4 N–H and O–H groups in total. The summed E-state index contributed by atoms with van der Waals surface area (Å²) in [7, 11) is -3.38. The lowest BCUT2D eigenvalue weighted by atomic mass is 10.5. The molecular formula is C5H12N6O2S. The van der Waals surface area contributed by atoms with Crippen LogP contribution in [-0.2, 0) is 16.6 Å².